The van der Waals surface area contributed by atoms with Crippen LogP contribution in [0.25, 0.3) is 5.69 Å². The number of aryl methyl sites for hydroxylation is 2. The molecule has 0 aliphatic rings. The van der Waals surface area contributed by atoms with Gasteiger partial charge in [0.1, 0.15) is 34.6 Å². The highest BCUT2D eigenvalue weighted by Gasteiger charge is 2.46. The van der Waals surface area contributed by atoms with Gasteiger partial charge in [-0.3, -0.25) is 4.99 Å². The summed E-state index contributed by atoms with van der Waals surface area (Å²) in [6, 6.07) is 7.26. The lowest BCUT2D eigenvalue weighted by molar-refractivity contribution is -0.143. The number of alkyl halides is 6. The van der Waals surface area contributed by atoms with E-state index in [2.05, 4.69) is 20.4 Å². The number of phenols is 2. The molecule has 0 saturated heterocycles. The van der Waals surface area contributed by atoms with Crippen LogP contribution < -0.4 is 0 Å². The highest BCUT2D eigenvalue weighted by molar-refractivity contribution is 5.75. The van der Waals surface area contributed by atoms with Crippen LogP contribution in [-0.2, 0) is 18.0 Å². The summed E-state index contributed by atoms with van der Waals surface area (Å²) in [5, 5.41) is 43.5. The van der Waals surface area contributed by atoms with Crippen LogP contribution in [-0.4, -0.2) is 42.6 Å². The van der Waals surface area contributed by atoms with Gasteiger partial charge in [0.25, 0.3) is 0 Å². The van der Waals surface area contributed by atoms with Crippen molar-refractivity contribution < 1.29 is 41.7 Å². The van der Waals surface area contributed by atoms with E-state index in [4.69, 9.17) is 5.53 Å². The summed E-state index contributed by atoms with van der Waals surface area (Å²) in [6.45, 7) is 3.16. The average molecular weight is 593 g/mol. The third kappa shape index (κ3) is 5.68. The standard InChI is InChI=1S/C27H22F6N6O3/c1-14-5-3-7-19(40)23(14)35-12-21(36-34)25(42,16-9-17(26(28,29)30)11-18(10-16)27(31,32)33)22-13-39(38-37-22)24-15(2)6-4-8-20(24)41/h3-13,21,34,40-42H,1-2H3. The third-order valence-electron chi connectivity index (χ3n) is 6.49. The number of rotatable bonds is 7. The van der Waals surface area contributed by atoms with Crippen LogP contribution in [0.15, 0.2) is 70.9 Å². The lowest BCUT2D eigenvalue weighted by Crippen LogP contribution is -2.41. The summed E-state index contributed by atoms with van der Waals surface area (Å²) in [5.41, 5.74) is 0.649. The van der Waals surface area contributed by atoms with Gasteiger partial charge in [0.2, 0.25) is 0 Å². The summed E-state index contributed by atoms with van der Waals surface area (Å²) in [4.78, 5) is 4.04. The number of aliphatic hydroxyl groups is 1. The first-order valence-corrected chi connectivity index (χ1v) is 12.0. The van der Waals surface area contributed by atoms with Gasteiger partial charge < -0.3 is 15.3 Å². The van der Waals surface area contributed by atoms with E-state index in [-0.39, 0.29) is 41.1 Å². The fourth-order valence-electron chi connectivity index (χ4n) is 4.33. The number of hydrogen-bond acceptors (Lipinski definition) is 8. The first-order valence-electron chi connectivity index (χ1n) is 12.0. The highest BCUT2D eigenvalue weighted by atomic mass is 19.4. The van der Waals surface area contributed by atoms with Crippen molar-refractivity contribution in [2.24, 2.45) is 10.1 Å². The van der Waals surface area contributed by atoms with Gasteiger partial charge in [0.15, 0.2) is 5.60 Å². The molecule has 4 aromatic rings. The number of aliphatic imine (C=N–C) groups is 1. The normalized spacial score (nSPS) is 14.6. The molecular formula is C27H22F6N6O3. The van der Waals surface area contributed by atoms with Gasteiger partial charge in [-0.2, -0.15) is 31.5 Å². The maximum Gasteiger partial charge on any atom is 0.416 e. The zero-order valence-corrected chi connectivity index (χ0v) is 21.8. The van der Waals surface area contributed by atoms with Gasteiger partial charge in [0, 0.05) is 6.21 Å². The Morgan fingerprint density at radius 3 is 1.93 bits per heavy atom. The molecule has 1 aromatic heterocycles. The number of nitrogens with zero attached hydrogens (tertiary/aromatic N) is 5. The third-order valence-corrected chi connectivity index (χ3v) is 6.49. The minimum absolute atomic E-state index is 0.0398. The van der Waals surface area contributed by atoms with E-state index in [9.17, 15) is 41.7 Å². The molecule has 9 nitrogen and oxygen atoms in total. The fraction of sp³-hybridized carbons (Fsp3) is 0.222. The first kappa shape index (κ1) is 30.2. The molecule has 0 bridgehead atoms. The minimum atomic E-state index is -5.25. The molecule has 15 heteroatoms. The van der Waals surface area contributed by atoms with E-state index in [0.29, 0.717) is 11.1 Å². The van der Waals surface area contributed by atoms with E-state index in [0.717, 1.165) is 17.1 Å². The van der Waals surface area contributed by atoms with Gasteiger partial charge in [-0.25, -0.2) is 10.2 Å². The van der Waals surface area contributed by atoms with Crippen molar-refractivity contribution in [1.29, 1.82) is 5.53 Å². The molecule has 0 radical (unpaired) electrons. The number of para-hydroxylation sites is 2. The lowest BCUT2D eigenvalue weighted by Gasteiger charge is -2.31. The van der Waals surface area contributed by atoms with Gasteiger partial charge in [0.05, 0.1) is 17.3 Å². The molecule has 0 aliphatic carbocycles. The Labute approximate surface area is 233 Å². The second-order valence-electron chi connectivity index (χ2n) is 9.35. The van der Waals surface area contributed by atoms with Crippen molar-refractivity contribution in [1.82, 2.24) is 15.0 Å². The summed E-state index contributed by atoms with van der Waals surface area (Å²) in [5.74, 6) is -0.607. The number of benzene rings is 3. The van der Waals surface area contributed by atoms with Gasteiger partial charge in [-0.1, -0.05) is 29.5 Å². The minimum Gasteiger partial charge on any atom is -0.506 e. The predicted octanol–water partition coefficient (Wildman–Crippen LogP) is 6.37. The highest BCUT2D eigenvalue weighted by Crippen LogP contribution is 2.42. The molecule has 2 unspecified atom stereocenters. The van der Waals surface area contributed by atoms with Gasteiger partial charge in [-0.15, -0.1) is 5.10 Å². The van der Waals surface area contributed by atoms with E-state index in [1.165, 1.54) is 24.3 Å². The van der Waals surface area contributed by atoms with Crippen LogP contribution in [0.3, 0.4) is 0 Å². The smallest absolute Gasteiger partial charge is 0.416 e. The quantitative estimate of drug-likeness (QED) is 0.112. The molecule has 0 saturated carbocycles. The second kappa shape index (κ2) is 10.9. The van der Waals surface area contributed by atoms with E-state index < -0.39 is 46.4 Å². The summed E-state index contributed by atoms with van der Waals surface area (Å²) in [7, 11) is 0. The SMILES string of the molecule is Cc1cccc(O)c1N=CC(N=N)C(O)(c1cc(C(F)(F)F)cc(C(F)(F)F)c1)c1cn(-c2c(C)cccc2O)nn1. The zero-order chi connectivity index (χ0) is 31.0. The van der Waals surface area contributed by atoms with E-state index >= 15 is 0 Å². The Morgan fingerprint density at radius 2 is 1.40 bits per heavy atom. The van der Waals surface area contributed by atoms with Crippen LogP contribution in [0.5, 0.6) is 11.5 Å². The second-order valence-corrected chi connectivity index (χ2v) is 9.35. The van der Waals surface area contributed by atoms with E-state index in [1.807, 2.05) is 0 Å². The molecular weight excluding hydrogens is 570 g/mol. The summed E-state index contributed by atoms with van der Waals surface area (Å²) >= 11 is 0. The number of halogens is 6. The van der Waals surface area contributed by atoms with Crippen LogP contribution in [0.4, 0.5) is 32.0 Å². The van der Waals surface area contributed by atoms with Crippen LogP contribution in [0.2, 0.25) is 0 Å². The first-order chi connectivity index (χ1) is 19.6. The van der Waals surface area contributed by atoms with Crippen molar-refractivity contribution >= 4 is 11.9 Å². The average Bonchev–Trinajstić information content (AvgIpc) is 3.39. The number of phenolic OH excluding ortho intramolecular Hbond substituents is 2. The number of hydrogen-bond donors (Lipinski definition) is 4. The van der Waals surface area contributed by atoms with Crippen molar-refractivity contribution in [2.45, 2.75) is 37.8 Å². The Kier molecular flexibility index (Phi) is 7.82. The molecule has 220 valence electrons. The van der Waals surface area contributed by atoms with Crippen LogP contribution in [0, 0.1) is 19.4 Å². The van der Waals surface area contributed by atoms with Crippen molar-refractivity contribution in [3.05, 3.63) is 94.3 Å². The largest absolute Gasteiger partial charge is 0.506 e. The number of aromatic nitrogens is 3. The molecule has 4 N–H and O–H groups in total. The molecule has 0 spiro atoms. The zero-order valence-electron chi connectivity index (χ0n) is 21.8. The molecule has 0 amide bonds. The predicted molar refractivity (Wildman–Crippen MR) is 137 cm³/mol. The summed E-state index contributed by atoms with van der Waals surface area (Å²) in [6.07, 6.45) is -8.73. The molecule has 42 heavy (non-hydrogen) atoms. The summed E-state index contributed by atoms with van der Waals surface area (Å²) < 4.78 is 83.5. The Bertz CT molecular complexity index is 1590. The van der Waals surface area contributed by atoms with Gasteiger partial charge >= 0.3 is 12.4 Å². The Hall–Kier alpha value is -4.79. The molecule has 0 aliphatic heterocycles. The lowest BCUT2D eigenvalue weighted by atomic mass is 9.82. The number of aromatic hydroxyl groups is 2. The van der Waals surface area contributed by atoms with Crippen molar-refractivity contribution in [3.63, 3.8) is 0 Å². The molecule has 1 heterocycles. The molecule has 0 fully saturated rings. The van der Waals surface area contributed by atoms with Crippen molar-refractivity contribution in [2.75, 3.05) is 0 Å². The Balaban J connectivity index is 2.01. The van der Waals surface area contributed by atoms with Gasteiger partial charge in [-0.05, 0) is 60.9 Å². The van der Waals surface area contributed by atoms with E-state index in [1.54, 1.807) is 26.0 Å². The molecule has 2 atom stereocenters. The number of nitrogens with one attached hydrogen (secondary N) is 1. The fourth-order valence-corrected chi connectivity index (χ4v) is 4.33. The monoisotopic (exact) mass is 592 g/mol. The van der Waals surface area contributed by atoms with Crippen molar-refractivity contribution in [3.8, 4) is 17.2 Å². The van der Waals surface area contributed by atoms with Crippen LogP contribution in [0.1, 0.15) is 33.5 Å². The topological polar surface area (TPSA) is 140 Å². The van der Waals surface area contributed by atoms with Crippen LogP contribution >= 0.6 is 0 Å². The maximum atomic E-state index is 13.8. The maximum absolute atomic E-state index is 13.8. The molecule has 3 aromatic carbocycles. The molecule has 4 rings (SSSR count). The Morgan fingerprint density at radius 1 is 0.857 bits per heavy atom.